The first kappa shape index (κ1) is 37.4. The number of piperidine rings is 1. The van der Waals surface area contributed by atoms with Crippen LogP contribution in [0, 0.1) is 25.1 Å². The summed E-state index contributed by atoms with van der Waals surface area (Å²) in [6.45, 7) is 15.3. The van der Waals surface area contributed by atoms with Crippen LogP contribution in [0.25, 0.3) is 11.1 Å². The molecule has 1 fully saturated rings. The molecule has 1 unspecified atom stereocenters. The van der Waals surface area contributed by atoms with E-state index >= 15 is 0 Å². The lowest BCUT2D eigenvalue weighted by atomic mass is 9.81. The maximum Gasteiger partial charge on any atom is 0.337 e. The number of aliphatic carboxylic acids is 1. The van der Waals surface area contributed by atoms with Crippen molar-refractivity contribution in [1.29, 1.82) is 0 Å². The van der Waals surface area contributed by atoms with E-state index in [0.717, 1.165) is 29.7 Å². The Morgan fingerprint density at radius 2 is 1.69 bits per heavy atom. The molecule has 0 bridgehead atoms. The zero-order chi connectivity index (χ0) is 37.1. The van der Waals surface area contributed by atoms with Crippen LogP contribution >= 0.6 is 0 Å². The smallest absolute Gasteiger partial charge is 0.337 e. The second kappa shape index (κ2) is 15.2. The van der Waals surface area contributed by atoms with E-state index in [-0.39, 0.29) is 29.6 Å². The van der Waals surface area contributed by atoms with Gasteiger partial charge in [-0.3, -0.25) is 9.78 Å². The summed E-state index contributed by atoms with van der Waals surface area (Å²) in [5.41, 5.74) is 4.09. The number of carbonyl (C=O) groups excluding carboxylic acids is 1. The van der Waals surface area contributed by atoms with Gasteiger partial charge in [0.05, 0.1) is 30.1 Å². The lowest BCUT2D eigenvalue weighted by Crippen LogP contribution is -2.39. The van der Waals surface area contributed by atoms with Gasteiger partial charge in [-0.2, -0.15) is 0 Å². The highest BCUT2D eigenvalue weighted by molar-refractivity contribution is 5.91. The zero-order valence-electron chi connectivity index (χ0n) is 30.7. The molecule has 0 radical (unpaired) electrons. The van der Waals surface area contributed by atoms with E-state index in [9.17, 15) is 19.1 Å². The molecule has 0 saturated carbocycles. The molecular weight excluding hydrogens is 653 g/mol. The van der Waals surface area contributed by atoms with Crippen LogP contribution in [0.15, 0.2) is 52.9 Å². The zero-order valence-corrected chi connectivity index (χ0v) is 30.7. The Morgan fingerprint density at radius 3 is 2.25 bits per heavy atom. The van der Waals surface area contributed by atoms with E-state index in [1.165, 1.54) is 17.0 Å². The molecule has 2 aromatic carbocycles. The number of pyridine rings is 1. The summed E-state index contributed by atoms with van der Waals surface area (Å²) in [5, 5.41) is 18.3. The molecule has 12 heteroatoms. The van der Waals surface area contributed by atoms with Crippen molar-refractivity contribution in [3.05, 3.63) is 88.6 Å². The van der Waals surface area contributed by atoms with Crippen molar-refractivity contribution in [2.75, 3.05) is 31.6 Å². The van der Waals surface area contributed by atoms with Crippen LogP contribution < -0.4 is 9.64 Å². The third-order valence-corrected chi connectivity index (χ3v) is 9.02. The molecule has 1 amide bonds. The predicted octanol–water partition coefficient (Wildman–Crippen LogP) is 7.35. The molecule has 4 aromatic rings. The van der Waals surface area contributed by atoms with Crippen molar-refractivity contribution in [2.45, 2.75) is 86.0 Å². The van der Waals surface area contributed by atoms with Crippen molar-refractivity contribution >= 4 is 17.6 Å². The van der Waals surface area contributed by atoms with Gasteiger partial charge in [0, 0.05) is 50.3 Å². The van der Waals surface area contributed by atoms with Crippen molar-refractivity contribution < 1.29 is 33.0 Å². The number of ether oxygens (including phenoxy) is 2. The van der Waals surface area contributed by atoms with Gasteiger partial charge in [-0.05, 0) is 81.3 Å². The largest absolute Gasteiger partial charge is 0.493 e. The third-order valence-electron chi connectivity index (χ3n) is 9.02. The Hall–Kier alpha value is -4.84. The minimum atomic E-state index is -1.30. The highest BCUT2D eigenvalue weighted by atomic mass is 19.1. The Morgan fingerprint density at radius 1 is 1.04 bits per heavy atom. The number of carboxylic acid groups (broad SMARTS) is 1. The molecule has 3 heterocycles. The molecule has 11 nitrogen and oxygen atoms in total. The third kappa shape index (κ3) is 9.29. The molecule has 2 aromatic heterocycles. The Kier molecular flexibility index (Phi) is 11.1. The average Bonchev–Trinajstić information content (AvgIpc) is 3.50. The van der Waals surface area contributed by atoms with Crippen LogP contribution in [0.5, 0.6) is 5.75 Å². The van der Waals surface area contributed by atoms with Crippen LogP contribution in [0.1, 0.15) is 92.7 Å². The number of amides is 1. The van der Waals surface area contributed by atoms with E-state index in [2.05, 4.69) is 28.9 Å². The fourth-order valence-corrected chi connectivity index (χ4v) is 6.24. The van der Waals surface area contributed by atoms with E-state index in [1.54, 1.807) is 33.0 Å². The number of carbonyl (C=O) groups is 2. The number of hydrogen-bond acceptors (Lipinski definition) is 9. The average molecular weight is 702 g/mol. The number of hydrogen-bond donors (Lipinski definition) is 1. The van der Waals surface area contributed by atoms with Crippen molar-refractivity contribution in [3.8, 4) is 16.9 Å². The molecule has 51 heavy (non-hydrogen) atoms. The number of benzene rings is 2. The van der Waals surface area contributed by atoms with E-state index in [0.29, 0.717) is 54.4 Å². The minimum absolute atomic E-state index is 0.0802. The minimum Gasteiger partial charge on any atom is -0.493 e. The normalized spacial score (nSPS) is 15.0. The lowest BCUT2D eigenvalue weighted by molar-refractivity contribution is -0.160. The Labute approximate surface area is 298 Å². The number of aromatic nitrogens is 3. The SMILES string of the molecule is Cc1nnc(C(=O)N(C)Cc2nc(C)c(C(OC(C)(C)C)C(=O)O)c(N3CCC(C)(C)CC3)c2-c2ccc(OCCc3ccc(F)cc3)cc2)o1. The number of nitrogens with zero attached hydrogens (tertiary/aromatic N) is 5. The topological polar surface area (TPSA) is 131 Å². The maximum absolute atomic E-state index is 13.4. The summed E-state index contributed by atoms with van der Waals surface area (Å²) < 4.78 is 31.1. The van der Waals surface area contributed by atoms with Crippen LogP contribution in [0.2, 0.25) is 0 Å². The Balaban J connectivity index is 1.62. The van der Waals surface area contributed by atoms with Crippen LogP contribution in [0.3, 0.4) is 0 Å². The van der Waals surface area contributed by atoms with Gasteiger partial charge in [-0.15, -0.1) is 10.2 Å². The highest BCUT2D eigenvalue weighted by Crippen LogP contribution is 2.45. The molecule has 272 valence electrons. The van der Waals surface area contributed by atoms with Crippen LogP contribution in [-0.4, -0.2) is 69.4 Å². The molecule has 1 aliphatic rings. The van der Waals surface area contributed by atoms with Gasteiger partial charge in [0.1, 0.15) is 11.6 Å². The first-order chi connectivity index (χ1) is 24.0. The second-order valence-corrected chi connectivity index (χ2v) is 14.9. The standard InChI is InChI=1S/C39H48FN5O6/c1-24-31(34(37(47)48)51-38(3,4)5)33(45-20-18-39(6,7)19-21-45)32(30(41-24)23-44(8)36(46)35-43-42-25(2)50-35)27-11-15-29(16-12-27)49-22-17-26-9-13-28(40)14-10-26/h9-16,34H,17-23H2,1-8H3,(H,47,48). The van der Waals surface area contributed by atoms with Gasteiger partial charge in [0.25, 0.3) is 0 Å². The fraction of sp³-hybridized carbons (Fsp3) is 0.462. The van der Waals surface area contributed by atoms with Crippen LogP contribution in [0.4, 0.5) is 10.1 Å². The summed E-state index contributed by atoms with van der Waals surface area (Å²) in [6.07, 6.45) is 1.11. The maximum atomic E-state index is 13.4. The molecule has 1 aliphatic heterocycles. The second-order valence-electron chi connectivity index (χ2n) is 14.9. The van der Waals surface area contributed by atoms with Crippen molar-refractivity contribution in [1.82, 2.24) is 20.1 Å². The first-order valence-corrected chi connectivity index (χ1v) is 17.2. The van der Waals surface area contributed by atoms with E-state index in [4.69, 9.17) is 18.9 Å². The first-order valence-electron chi connectivity index (χ1n) is 17.2. The fourth-order valence-electron chi connectivity index (χ4n) is 6.24. The van der Waals surface area contributed by atoms with Gasteiger partial charge in [-0.25, -0.2) is 9.18 Å². The molecule has 1 saturated heterocycles. The summed E-state index contributed by atoms with van der Waals surface area (Å²) >= 11 is 0. The predicted molar refractivity (Wildman–Crippen MR) is 191 cm³/mol. The monoisotopic (exact) mass is 701 g/mol. The molecule has 1 N–H and O–H groups in total. The van der Waals surface area contributed by atoms with Gasteiger partial charge in [0.2, 0.25) is 5.89 Å². The molecular formula is C39H48FN5O6. The molecule has 0 spiro atoms. The number of anilines is 1. The number of rotatable bonds is 12. The Bertz CT molecular complexity index is 1840. The van der Waals surface area contributed by atoms with Crippen LogP contribution in [-0.2, 0) is 22.5 Å². The van der Waals surface area contributed by atoms with Crippen molar-refractivity contribution in [3.63, 3.8) is 0 Å². The summed E-state index contributed by atoms with van der Waals surface area (Å²) in [7, 11) is 1.64. The summed E-state index contributed by atoms with van der Waals surface area (Å²) in [5.74, 6) is -1.07. The highest BCUT2D eigenvalue weighted by Gasteiger charge is 2.37. The van der Waals surface area contributed by atoms with Gasteiger partial charge in [-0.1, -0.05) is 38.1 Å². The molecule has 1 atom stereocenters. The van der Waals surface area contributed by atoms with E-state index in [1.807, 2.05) is 45.0 Å². The quantitative estimate of drug-likeness (QED) is 0.160. The number of halogens is 1. The van der Waals surface area contributed by atoms with Gasteiger partial charge < -0.3 is 28.8 Å². The van der Waals surface area contributed by atoms with Gasteiger partial charge in [0.15, 0.2) is 6.10 Å². The lowest BCUT2D eigenvalue weighted by Gasteiger charge is -2.41. The summed E-state index contributed by atoms with van der Waals surface area (Å²) in [6, 6.07) is 13.9. The molecule has 0 aliphatic carbocycles. The van der Waals surface area contributed by atoms with E-state index < -0.39 is 23.6 Å². The molecule has 5 rings (SSSR count). The van der Waals surface area contributed by atoms with Gasteiger partial charge >= 0.3 is 17.8 Å². The number of carboxylic acids is 1. The summed E-state index contributed by atoms with van der Waals surface area (Å²) in [4.78, 5) is 35.1. The number of aryl methyl sites for hydroxylation is 2. The van der Waals surface area contributed by atoms with Crippen molar-refractivity contribution in [2.24, 2.45) is 5.41 Å².